The van der Waals surface area contributed by atoms with Gasteiger partial charge in [-0.05, 0) is 41.3 Å². The normalized spacial score (nSPS) is 27.1. The number of hydrogen-bond acceptors (Lipinski definition) is 3. The number of aromatic nitrogens is 1. The number of pyridine rings is 1. The van der Waals surface area contributed by atoms with Gasteiger partial charge < -0.3 is 9.64 Å². The van der Waals surface area contributed by atoms with Crippen LogP contribution in [0.5, 0.6) is 0 Å². The van der Waals surface area contributed by atoms with E-state index < -0.39 is 0 Å². The van der Waals surface area contributed by atoms with E-state index in [0.29, 0.717) is 18.7 Å². The maximum atomic E-state index is 12.5. The summed E-state index contributed by atoms with van der Waals surface area (Å²) in [6.45, 7) is 1.33. The van der Waals surface area contributed by atoms with Crippen LogP contribution in [0, 0.1) is 0 Å². The molecule has 1 aliphatic carbocycles. The fraction of sp³-hybridized carbons (Fsp3) is 0.538. The van der Waals surface area contributed by atoms with Crippen LogP contribution in [-0.2, 0) is 4.74 Å². The zero-order valence-electron chi connectivity index (χ0n) is 10.0. The van der Waals surface area contributed by atoms with Gasteiger partial charge in [-0.25, -0.2) is 0 Å². The second-order valence-corrected chi connectivity index (χ2v) is 5.71. The van der Waals surface area contributed by atoms with Gasteiger partial charge in [-0.1, -0.05) is 0 Å². The molecule has 0 radical (unpaired) electrons. The Bertz CT molecular complexity index is 466. The van der Waals surface area contributed by atoms with Gasteiger partial charge in [-0.2, -0.15) is 0 Å². The van der Waals surface area contributed by atoms with E-state index in [1.165, 1.54) is 0 Å². The van der Waals surface area contributed by atoms with E-state index in [2.05, 4.69) is 20.9 Å². The first-order valence-electron chi connectivity index (χ1n) is 6.29. The molecule has 0 bridgehead atoms. The Morgan fingerprint density at radius 2 is 2.33 bits per heavy atom. The maximum absolute atomic E-state index is 12.5. The molecule has 96 valence electrons. The summed E-state index contributed by atoms with van der Waals surface area (Å²) in [5.74, 6) is 0.0731. The molecule has 2 aliphatic rings. The Hall–Kier alpha value is -0.940. The summed E-state index contributed by atoms with van der Waals surface area (Å²) in [5, 5.41) is 0. The van der Waals surface area contributed by atoms with Crippen molar-refractivity contribution in [2.75, 3.05) is 13.2 Å². The third-order valence-electron chi connectivity index (χ3n) is 3.69. The van der Waals surface area contributed by atoms with Crippen LogP contribution in [0.2, 0.25) is 0 Å². The lowest BCUT2D eigenvalue weighted by atomic mass is 10.1. The van der Waals surface area contributed by atoms with Crippen molar-refractivity contribution in [3.05, 3.63) is 28.5 Å². The minimum atomic E-state index is 0.0731. The Morgan fingerprint density at radius 3 is 3.17 bits per heavy atom. The van der Waals surface area contributed by atoms with Crippen molar-refractivity contribution in [2.24, 2.45) is 0 Å². The van der Waals surface area contributed by atoms with Crippen LogP contribution >= 0.6 is 15.9 Å². The topological polar surface area (TPSA) is 42.4 Å². The first kappa shape index (κ1) is 12.1. The third-order valence-corrected chi connectivity index (χ3v) is 4.13. The largest absolute Gasteiger partial charge is 0.374 e. The lowest BCUT2D eigenvalue weighted by Crippen LogP contribution is -2.51. The molecule has 1 saturated carbocycles. The molecule has 1 amide bonds. The lowest BCUT2D eigenvalue weighted by molar-refractivity contribution is -0.0445. The van der Waals surface area contributed by atoms with Crippen LogP contribution in [0.15, 0.2) is 22.9 Å². The van der Waals surface area contributed by atoms with Gasteiger partial charge >= 0.3 is 0 Å². The molecule has 1 aromatic heterocycles. The monoisotopic (exact) mass is 310 g/mol. The van der Waals surface area contributed by atoms with Crippen molar-refractivity contribution >= 4 is 21.8 Å². The van der Waals surface area contributed by atoms with Crippen molar-refractivity contribution < 1.29 is 9.53 Å². The number of hydrogen-bond donors (Lipinski definition) is 0. The van der Waals surface area contributed by atoms with Gasteiger partial charge in [-0.3, -0.25) is 9.78 Å². The summed E-state index contributed by atoms with van der Waals surface area (Å²) in [7, 11) is 0. The Kier molecular flexibility index (Phi) is 3.35. The average Bonchev–Trinajstić information content (AvgIpc) is 2.86. The lowest BCUT2D eigenvalue weighted by Gasteiger charge is -2.37. The molecule has 0 spiro atoms. The number of nitrogens with zero attached hydrogens (tertiary/aromatic N) is 2. The van der Waals surface area contributed by atoms with E-state index >= 15 is 0 Å². The van der Waals surface area contributed by atoms with Gasteiger partial charge in [0.15, 0.2) is 0 Å². The molecular weight excluding hydrogens is 296 g/mol. The molecule has 1 aromatic rings. The summed E-state index contributed by atoms with van der Waals surface area (Å²) < 4.78 is 6.56. The molecule has 2 heterocycles. The number of ether oxygens (including phenoxy) is 1. The van der Waals surface area contributed by atoms with Crippen LogP contribution in [0.1, 0.15) is 29.6 Å². The molecule has 2 atom stereocenters. The van der Waals surface area contributed by atoms with E-state index in [-0.39, 0.29) is 18.1 Å². The first-order valence-corrected chi connectivity index (χ1v) is 7.08. The summed E-state index contributed by atoms with van der Waals surface area (Å²) in [6.07, 6.45) is 6.84. The van der Waals surface area contributed by atoms with Gasteiger partial charge in [0, 0.05) is 23.4 Å². The van der Waals surface area contributed by atoms with Crippen LogP contribution in [0.25, 0.3) is 0 Å². The summed E-state index contributed by atoms with van der Waals surface area (Å²) in [6, 6.07) is 2.08. The smallest absolute Gasteiger partial charge is 0.255 e. The summed E-state index contributed by atoms with van der Waals surface area (Å²) in [4.78, 5) is 18.5. The van der Waals surface area contributed by atoms with Crippen molar-refractivity contribution in [3.8, 4) is 0 Å². The molecule has 0 aromatic carbocycles. The second-order valence-electron chi connectivity index (χ2n) is 4.80. The van der Waals surface area contributed by atoms with Crippen LogP contribution in [0.3, 0.4) is 0 Å². The number of fused-ring (bicyclic) bond motifs is 1. The Labute approximate surface area is 114 Å². The zero-order valence-corrected chi connectivity index (χ0v) is 11.6. The molecule has 5 heteroatoms. The quantitative estimate of drug-likeness (QED) is 0.799. The molecular formula is C13H15BrN2O2. The van der Waals surface area contributed by atoms with Gasteiger partial charge in [0.2, 0.25) is 0 Å². The number of carbonyl (C=O) groups is 1. The molecule has 0 unspecified atom stereocenters. The summed E-state index contributed by atoms with van der Waals surface area (Å²) in [5.41, 5.74) is 0.650. The highest BCUT2D eigenvalue weighted by molar-refractivity contribution is 9.10. The second kappa shape index (κ2) is 4.97. The first-order chi connectivity index (χ1) is 8.75. The van der Waals surface area contributed by atoms with Crippen molar-refractivity contribution in [1.82, 2.24) is 9.88 Å². The highest BCUT2D eigenvalue weighted by Gasteiger charge is 2.38. The molecule has 4 nitrogen and oxygen atoms in total. The van der Waals surface area contributed by atoms with Crippen molar-refractivity contribution in [1.29, 1.82) is 0 Å². The highest BCUT2D eigenvalue weighted by Crippen LogP contribution is 2.30. The molecule has 3 rings (SSSR count). The third kappa shape index (κ3) is 2.17. The molecule has 1 aliphatic heterocycles. The van der Waals surface area contributed by atoms with E-state index in [0.717, 1.165) is 23.7 Å². The zero-order chi connectivity index (χ0) is 12.5. The van der Waals surface area contributed by atoms with E-state index in [9.17, 15) is 4.79 Å². The van der Waals surface area contributed by atoms with Gasteiger partial charge in [0.05, 0.1) is 24.3 Å². The van der Waals surface area contributed by atoms with Crippen molar-refractivity contribution in [3.63, 3.8) is 0 Å². The summed E-state index contributed by atoms with van der Waals surface area (Å²) >= 11 is 3.35. The fourth-order valence-corrected chi connectivity index (χ4v) is 3.24. The van der Waals surface area contributed by atoms with Crippen LogP contribution < -0.4 is 0 Å². The van der Waals surface area contributed by atoms with Crippen LogP contribution in [-0.4, -0.2) is 41.1 Å². The Balaban J connectivity index is 1.83. The average molecular weight is 311 g/mol. The number of morpholine rings is 1. The number of carbonyl (C=O) groups excluding carboxylic acids is 1. The highest BCUT2D eigenvalue weighted by atomic mass is 79.9. The number of rotatable bonds is 1. The number of amides is 1. The van der Waals surface area contributed by atoms with Crippen LogP contribution in [0.4, 0.5) is 0 Å². The molecule has 0 N–H and O–H groups in total. The maximum Gasteiger partial charge on any atom is 0.255 e. The van der Waals surface area contributed by atoms with E-state index in [1.807, 2.05) is 11.0 Å². The van der Waals surface area contributed by atoms with Gasteiger partial charge in [0.25, 0.3) is 5.91 Å². The van der Waals surface area contributed by atoms with Gasteiger partial charge in [0.1, 0.15) is 0 Å². The minimum absolute atomic E-state index is 0.0731. The van der Waals surface area contributed by atoms with E-state index in [4.69, 9.17) is 4.74 Å². The fourth-order valence-electron chi connectivity index (χ4n) is 2.87. The Morgan fingerprint density at radius 1 is 1.44 bits per heavy atom. The SMILES string of the molecule is O=C(c1cncc(Br)c1)N1CCO[C@@H]2CCC[C@@H]21. The number of halogens is 1. The predicted molar refractivity (Wildman–Crippen MR) is 70.4 cm³/mol. The van der Waals surface area contributed by atoms with Gasteiger partial charge in [-0.15, -0.1) is 0 Å². The van der Waals surface area contributed by atoms with Crippen molar-refractivity contribution in [2.45, 2.75) is 31.4 Å². The predicted octanol–water partition coefficient (Wildman–Crippen LogP) is 2.24. The minimum Gasteiger partial charge on any atom is -0.374 e. The molecule has 1 saturated heterocycles. The van der Waals surface area contributed by atoms with E-state index in [1.54, 1.807) is 12.4 Å². The standard InChI is InChI=1S/C13H15BrN2O2/c14-10-6-9(7-15-8-10)13(17)16-4-5-18-12-3-1-2-11(12)16/h6-8,11-12H,1-5H2/t11-,12+/m0/s1. The molecule has 18 heavy (non-hydrogen) atoms. The molecule has 2 fully saturated rings.